The third kappa shape index (κ3) is 52.7. The number of carbonyl (C=O) groups excluding carboxylic acids is 2. The number of unbranched alkanes of at least 4 members (excludes halogenated alkanes) is 17. The number of aliphatic hydroxyl groups excluding tert-OH is 1. The largest absolute Gasteiger partial charge is 0.462 e. The number of carbonyl (C=O) groups is 2. The predicted octanol–water partition coefficient (Wildman–Crippen LogP) is 18.1. The minimum absolute atomic E-state index is 0.0811. The number of ether oxygens (including phenoxy) is 2. The van der Waals surface area contributed by atoms with Gasteiger partial charge in [-0.3, -0.25) is 9.59 Å². The first kappa shape index (κ1) is 62.0. The topological polar surface area (TPSA) is 72.8 Å². The molecule has 0 saturated heterocycles. The fourth-order valence-corrected chi connectivity index (χ4v) is 7.00. The molecule has 66 heavy (non-hydrogen) atoms. The molecule has 1 N–H and O–H groups in total. The summed E-state index contributed by atoms with van der Waals surface area (Å²) in [6, 6.07) is 0. The summed E-state index contributed by atoms with van der Waals surface area (Å²) in [5, 5.41) is 9.65. The van der Waals surface area contributed by atoms with E-state index in [1.807, 2.05) is 0 Å². The van der Waals surface area contributed by atoms with Gasteiger partial charge in [-0.2, -0.15) is 0 Å². The summed E-state index contributed by atoms with van der Waals surface area (Å²) in [7, 11) is 0. The van der Waals surface area contributed by atoms with Crippen LogP contribution < -0.4 is 0 Å². The first-order valence-corrected chi connectivity index (χ1v) is 26.7. The molecule has 0 rings (SSSR count). The number of hydrogen-bond acceptors (Lipinski definition) is 5. The van der Waals surface area contributed by atoms with Crippen LogP contribution in [-0.4, -0.2) is 36.4 Å². The Labute approximate surface area is 406 Å². The van der Waals surface area contributed by atoms with Crippen molar-refractivity contribution in [3.63, 3.8) is 0 Å². The lowest BCUT2D eigenvalue weighted by molar-refractivity contribution is -0.161. The zero-order chi connectivity index (χ0) is 47.7. The molecular weight excluding hydrogens is 813 g/mol. The van der Waals surface area contributed by atoms with Crippen molar-refractivity contribution >= 4 is 11.9 Å². The standard InChI is InChI=1S/C61H98O5/c1-3-5-7-9-11-13-15-17-19-21-23-25-27-29-30-32-34-36-38-40-42-44-46-48-50-52-54-56-61(64)66-59(57-62)58-65-60(63)55-53-51-49-47-45-43-41-39-37-35-33-31-28-26-24-22-20-18-16-14-12-10-8-6-4-2/h5-8,11-14,17-20,23-26,29-31,33-34,36,59,62H,3-4,9-10,15-16,21-22,27-28,32,35,37-58H2,1-2H3/b7-5-,8-6-,13-11-,14-12-,19-17-,20-18-,25-23-,26-24-,30-29-,33-31-,36-34-. The van der Waals surface area contributed by atoms with Crippen molar-refractivity contribution in [2.45, 2.75) is 225 Å². The number of hydrogen-bond donors (Lipinski definition) is 1. The van der Waals surface area contributed by atoms with Gasteiger partial charge in [0.2, 0.25) is 0 Å². The molecule has 0 aromatic rings. The molecule has 0 fully saturated rings. The third-order valence-corrected chi connectivity index (χ3v) is 10.9. The van der Waals surface area contributed by atoms with Gasteiger partial charge in [0.1, 0.15) is 6.61 Å². The lowest BCUT2D eigenvalue weighted by Gasteiger charge is -2.15. The summed E-state index contributed by atoms with van der Waals surface area (Å²) < 4.78 is 10.7. The average molecular weight is 911 g/mol. The van der Waals surface area contributed by atoms with Gasteiger partial charge < -0.3 is 14.6 Å². The first-order chi connectivity index (χ1) is 32.6. The highest BCUT2D eigenvalue weighted by atomic mass is 16.6. The minimum atomic E-state index is -0.790. The average Bonchev–Trinajstić information content (AvgIpc) is 3.32. The van der Waals surface area contributed by atoms with Crippen LogP contribution >= 0.6 is 0 Å². The lowest BCUT2D eigenvalue weighted by Crippen LogP contribution is -2.28. The van der Waals surface area contributed by atoms with Gasteiger partial charge in [-0.1, -0.05) is 231 Å². The number of aliphatic hydroxyl groups is 1. The normalized spacial score (nSPS) is 13.3. The monoisotopic (exact) mass is 911 g/mol. The van der Waals surface area contributed by atoms with Crippen LogP contribution in [0.25, 0.3) is 0 Å². The van der Waals surface area contributed by atoms with E-state index in [0.717, 1.165) is 116 Å². The van der Waals surface area contributed by atoms with Crippen LogP contribution in [0.2, 0.25) is 0 Å². The van der Waals surface area contributed by atoms with E-state index in [2.05, 4.69) is 148 Å². The maximum absolute atomic E-state index is 12.3. The van der Waals surface area contributed by atoms with Crippen molar-refractivity contribution in [1.82, 2.24) is 0 Å². The molecule has 0 aliphatic carbocycles. The second kappa shape index (κ2) is 55.4. The van der Waals surface area contributed by atoms with Gasteiger partial charge in [-0.05, 0) is 109 Å². The first-order valence-electron chi connectivity index (χ1n) is 26.7. The summed E-state index contributed by atoms with van der Waals surface area (Å²) in [5.74, 6) is -0.615. The molecule has 1 atom stereocenters. The summed E-state index contributed by atoms with van der Waals surface area (Å²) in [6.45, 7) is 3.90. The molecular formula is C61H98O5. The van der Waals surface area contributed by atoms with Crippen LogP contribution in [0.1, 0.15) is 219 Å². The van der Waals surface area contributed by atoms with E-state index in [4.69, 9.17) is 9.47 Å². The van der Waals surface area contributed by atoms with E-state index in [0.29, 0.717) is 12.8 Å². The van der Waals surface area contributed by atoms with Gasteiger partial charge in [0.15, 0.2) is 6.10 Å². The van der Waals surface area contributed by atoms with Crippen molar-refractivity contribution in [3.05, 3.63) is 134 Å². The smallest absolute Gasteiger partial charge is 0.306 e. The quantitative estimate of drug-likeness (QED) is 0.0374. The van der Waals surface area contributed by atoms with Gasteiger partial charge in [0.05, 0.1) is 6.61 Å². The minimum Gasteiger partial charge on any atom is -0.462 e. The molecule has 0 amide bonds. The molecule has 0 spiro atoms. The van der Waals surface area contributed by atoms with Crippen LogP contribution in [0.5, 0.6) is 0 Å². The van der Waals surface area contributed by atoms with Crippen molar-refractivity contribution in [3.8, 4) is 0 Å². The van der Waals surface area contributed by atoms with E-state index < -0.39 is 6.10 Å². The van der Waals surface area contributed by atoms with Crippen molar-refractivity contribution in [2.24, 2.45) is 0 Å². The maximum atomic E-state index is 12.3. The fourth-order valence-electron chi connectivity index (χ4n) is 7.00. The fraction of sp³-hybridized carbons (Fsp3) is 0.607. The Hall–Kier alpha value is -3.96. The molecule has 0 aliphatic heterocycles. The Kier molecular flexibility index (Phi) is 52.0. The molecule has 0 saturated carbocycles. The Bertz CT molecular complexity index is 1400. The van der Waals surface area contributed by atoms with Crippen LogP contribution in [0, 0.1) is 0 Å². The Morgan fingerprint density at radius 1 is 0.348 bits per heavy atom. The van der Waals surface area contributed by atoms with Gasteiger partial charge in [-0.25, -0.2) is 0 Å². The maximum Gasteiger partial charge on any atom is 0.306 e. The molecule has 0 bridgehead atoms. The van der Waals surface area contributed by atoms with Gasteiger partial charge in [0, 0.05) is 12.8 Å². The van der Waals surface area contributed by atoms with Crippen molar-refractivity contribution in [1.29, 1.82) is 0 Å². The zero-order valence-corrected chi connectivity index (χ0v) is 42.4. The second-order valence-electron chi connectivity index (χ2n) is 17.2. The van der Waals surface area contributed by atoms with E-state index in [1.165, 1.54) is 77.0 Å². The molecule has 1 unspecified atom stereocenters. The molecule has 5 heteroatoms. The highest BCUT2D eigenvalue weighted by molar-refractivity contribution is 5.70. The molecule has 0 aromatic carbocycles. The van der Waals surface area contributed by atoms with Crippen molar-refractivity contribution < 1.29 is 24.2 Å². The second-order valence-corrected chi connectivity index (χ2v) is 17.2. The molecule has 5 nitrogen and oxygen atoms in total. The van der Waals surface area contributed by atoms with Gasteiger partial charge >= 0.3 is 11.9 Å². The number of rotatable bonds is 47. The number of allylic oxidation sites excluding steroid dienone is 22. The van der Waals surface area contributed by atoms with Gasteiger partial charge in [0.25, 0.3) is 0 Å². The predicted molar refractivity (Wildman–Crippen MR) is 288 cm³/mol. The van der Waals surface area contributed by atoms with E-state index in [9.17, 15) is 14.7 Å². The summed E-state index contributed by atoms with van der Waals surface area (Å²) in [6.07, 6.45) is 82.5. The SMILES string of the molecule is CC/C=C\C/C=C\C/C=C\C/C=C\C/C=C\C/C=C\CCCCCCCCCCC(=O)OC(CO)COC(=O)CCCCCCCCCCC/C=C\C/C=C\C/C=C\C/C=C\C/C=C\CC. The molecule has 0 heterocycles. The summed E-state index contributed by atoms with van der Waals surface area (Å²) >= 11 is 0. The summed E-state index contributed by atoms with van der Waals surface area (Å²) in [5.41, 5.74) is 0. The number of esters is 2. The molecule has 0 aromatic heterocycles. The molecule has 372 valence electrons. The Morgan fingerprint density at radius 3 is 0.909 bits per heavy atom. The van der Waals surface area contributed by atoms with Crippen molar-refractivity contribution in [2.75, 3.05) is 13.2 Å². The van der Waals surface area contributed by atoms with Crippen LogP contribution in [0.15, 0.2) is 134 Å². The highest BCUT2D eigenvalue weighted by Gasteiger charge is 2.16. The highest BCUT2D eigenvalue weighted by Crippen LogP contribution is 2.14. The van der Waals surface area contributed by atoms with E-state index in [1.54, 1.807) is 0 Å². The third-order valence-electron chi connectivity index (χ3n) is 10.9. The zero-order valence-electron chi connectivity index (χ0n) is 42.4. The Balaban J connectivity index is 3.59. The van der Waals surface area contributed by atoms with Crippen LogP contribution in [0.4, 0.5) is 0 Å². The van der Waals surface area contributed by atoms with Crippen LogP contribution in [0.3, 0.4) is 0 Å². The Morgan fingerprint density at radius 2 is 0.606 bits per heavy atom. The molecule has 0 radical (unpaired) electrons. The van der Waals surface area contributed by atoms with Gasteiger partial charge in [-0.15, -0.1) is 0 Å². The lowest BCUT2D eigenvalue weighted by atomic mass is 10.1. The van der Waals surface area contributed by atoms with Crippen LogP contribution in [-0.2, 0) is 19.1 Å². The van der Waals surface area contributed by atoms with E-state index >= 15 is 0 Å². The molecule has 0 aliphatic rings. The van der Waals surface area contributed by atoms with E-state index in [-0.39, 0.29) is 25.2 Å². The summed E-state index contributed by atoms with van der Waals surface area (Å²) in [4.78, 5) is 24.5.